The number of carbonyl (C=O) groups excluding carboxylic acids is 2. The van der Waals surface area contributed by atoms with E-state index < -0.39 is 11.7 Å². The minimum Gasteiger partial charge on any atom is -0.319 e. The van der Waals surface area contributed by atoms with Gasteiger partial charge in [-0.05, 0) is 12.1 Å². The van der Waals surface area contributed by atoms with Crippen molar-refractivity contribution in [3.8, 4) is 0 Å². The second-order valence-electron chi connectivity index (χ2n) is 3.90. The van der Waals surface area contributed by atoms with Crippen molar-refractivity contribution in [3.05, 3.63) is 63.1 Å². The second-order valence-corrected chi connectivity index (χ2v) is 5.10. The lowest BCUT2D eigenvalue weighted by molar-refractivity contribution is -0.112. The molecule has 0 aliphatic carbocycles. The van der Waals surface area contributed by atoms with E-state index in [0.29, 0.717) is 11.3 Å². The first-order chi connectivity index (χ1) is 9.49. The topological polar surface area (TPSA) is 46.2 Å². The molecular formula is C14H8Cl3NO2. The Morgan fingerprint density at radius 3 is 2.00 bits per heavy atom. The molecule has 0 saturated carbocycles. The molecule has 2 rings (SSSR count). The van der Waals surface area contributed by atoms with Crippen LogP contribution in [0.4, 0.5) is 5.69 Å². The Hall–Kier alpha value is -1.55. The first-order valence-corrected chi connectivity index (χ1v) is 6.67. The van der Waals surface area contributed by atoms with Gasteiger partial charge in [0.05, 0.1) is 15.1 Å². The van der Waals surface area contributed by atoms with E-state index in [9.17, 15) is 9.59 Å². The third-order valence-electron chi connectivity index (χ3n) is 2.48. The normalized spacial score (nSPS) is 10.2. The van der Waals surface area contributed by atoms with Crippen molar-refractivity contribution in [2.45, 2.75) is 0 Å². The number of hydrogen-bond acceptors (Lipinski definition) is 2. The highest BCUT2D eigenvalue weighted by molar-refractivity contribution is 6.49. The maximum Gasteiger partial charge on any atom is 0.296 e. The van der Waals surface area contributed by atoms with Crippen LogP contribution in [-0.4, -0.2) is 11.7 Å². The standard InChI is InChI=1S/C14H8Cl3NO2/c15-10-6-9(7-11(16)12(10)17)18-14(20)13(19)8-4-2-1-3-5-8/h1-7H,(H,18,20). The summed E-state index contributed by atoms with van der Waals surface area (Å²) >= 11 is 17.5. The fourth-order valence-electron chi connectivity index (χ4n) is 1.54. The van der Waals surface area contributed by atoms with E-state index in [-0.39, 0.29) is 15.1 Å². The minimum absolute atomic E-state index is 0.195. The average molecular weight is 329 g/mol. The number of rotatable bonds is 3. The van der Waals surface area contributed by atoms with Crippen LogP contribution in [0, 0.1) is 0 Å². The Bertz CT molecular complexity index is 648. The molecular weight excluding hydrogens is 321 g/mol. The maximum absolute atomic E-state index is 11.9. The molecule has 1 N–H and O–H groups in total. The zero-order valence-corrected chi connectivity index (χ0v) is 12.3. The van der Waals surface area contributed by atoms with Crippen LogP contribution in [0.3, 0.4) is 0 Å². The number of amides is 1. The van der Waals surface area contributed by atoms with Gasteiger partial charge in [-0.25, -0.2) is 0 Å². The smallest absolute Gasteiger partial charge is 0.296 e. The summed E-state index contributed by atoms with van der Waals surface area (Å²) in [4.78, 5) is 23.7. The molecule has 0 aromatic heterocycles. The van der Waals surface area contributed by atoms with Crippen molar-refractivity contribution in [1.29, 1.82) is 0 Å². The molecule has 0 aliphatic rings. The highest BCUT2D eigenvalue weighted by atomic mass is 35.5. The number of halogens is 3. The van der Waals surface area contributed by atoms with Gasteiger partial charge >= 0.3 is 0 Å². The van der Waals surface area contributed by atoms with E-state index in [1.807, 2.05) is 0 Å². The predicted octanol–water partition coefficient (Wildman–Crippen LogP) is 4.47. The van der Waals surface area contributed by atoms with E-state index in [1.165, 1.54) is 12.1 Å². The van der Waals surface area contributed by atoms with E-state index in [1.54, 1.807) is 30.3 Å². The summed E-state index contributed by atoms with van der Waals surface area (Å²) in [5.41, 5.74) is 0.606. The van der Waals surface area contributed by atoms with Crippen LogP contribution < -0.4 is 5.32 Å². The van der Waals surface area contributed by atoms with Gasteiger partial charge in [0.25, 0.3) is 11.7 Å². The molecule has 0 bridgehead atoms. The summed E-state index contributed by atoms with van der Waals surface area (Å²) in [5.74, 6) is -1.42. The molecule has 3 nitrogen and oxygen atoms in total. The number of benzene rings is 2. The third-order valence-corrected chi connectivity index (χ3v) is 3.68. The van der Waals surface area contributed by atoms with E-state index >= 15 is 0 Å². The first kappa shape index (κ1) is 14.9. The predicted molar refractivity (Wildman–Crippen MR) is 80.9 cm³/mol. The van der Waals surface area contributed by atoms with Gasteiger partial charge < -0.3 is 5.32 Å². The number of hydrogen-bond donors (Lipinski definition) is 1. The monoisotopic (exact) mass is 327 g/mol. The molecule has 102 valence electrons. The van der Waals surface area contributed by atoms with Gasteiger partial charge in [0, 0.05) is 11.3 Å². The molecule has 0 radical (unpaired) electrons. The lowest BCUT2D eigenvalue weighted by atomic mass is 10.1. The number of ketones is 1. The van der Waals surface area contributed by atoms with E-state index in [4.69, 9.17) is 34.8 Å². The number of Topliss-reactive ketones (excluding diaryl/α,β-unsaturated/α-hetero) is 1. The van der Waals surface area contributed by atoms with Gasteiger partial charge in [0.1, 0.15) is 0 Å². The Morgan fingerprint density at radius 1 is 0.900 bits per heavy atom. The molecule has 2 aromatic carbocycles. The van der Waals surface area contributed by atoms with Crippen LogP contribution in [0.5, 0.6) is 0 Å². The SMILES string of the molecule is O=C(Nc1cc(Cl)c(Cl)c(Cl)c1)C(=O)c1ccccc1. The highest BCUT2D eigenvalue weighted by Gasteiger charge is 2.17. The van der Waals surface area contributed by atoms with Crippen molar-refractivity contribution in [3.63, 3.8) is 0 Å². The van der Waals surface area contributed by atoms with Crippen molar-refractivity contribution in [2.24, 2.45) is 0 Å². The van der Waals surface area contributed by atoms with Crippen LogP contribution in [0.1, 0.15) is 10.4 Å². The molecule has 0 heterocycles. The molecule has 6 heteroatoms. The van der Waals surface area contributed by atoms with Gasteiger partial charge in [0.15, 0.2) is 0 Å². The van der Waals surface area contributed by atoms with Crippen molar-refractivity contribution in [1.82, 2.24) is 0 Å². The van der Waals surface area contributed by atoms with Crippen LogP contribution >= 0.6 is 34.8 Å². The molecule has 1 amide bonds. The summed E-state index contributed by atoms with van der Waals surface area (Å²) in [6, 6.07) is 11.1. The number of carbonyl (C=O) groups is 2. The molecule has 2 aromatic rings. The molecule has 0 unspecified atom stereocenters. The Morgan fingerprint density at radius 2 is 1.45 bits per heavy atom. The van der Waals surface area contributed by atoms with E-state index in [0.717, 1.165) is 0 Å². The van der Waals surface area contributed by atoms with Crippen molar-refractivity contribution >= 4 is 52.2 Å². The molecule has 20 heavy (non-hydrogen) atoms. The Balaban J connectivity index is 2.18. The summed E-state index contributed by atoms with van der Waals surface area (Å²) in [7, 11) is 0. The largest absolute Gasteiger partial charge is 0.319 e. The van der Waals surface area contributed by atoms with Crippen LogP contribution in [0.15, 0.2) is 42.5 Å². The fourth-order valence-corrected chi connectivity index (χ4v) is 2.13. The summed E-state index contributed by atoms with van der Waals surface area (Å²) < 4.78 is 0. The molecule has 0 saturated heterocycles. The Labute approximate surface area is 130 Å². The van der Waals surface area contributed by atoms with Crippen LogP contribution in [-0.2, 0) is 4.79 Å². The summed E-state index contributed by atoms with van der Waals surface area (Å²) in [5, 5.41) is 3.02. The molecule has 0 aliphatic heterocycles. The van der Waals surface area contributed by atoms with Gasteiger partial charge in [-0.3, -0.25) is 9.59 Å². The maximum atomic E-state index is 11.9. The summed E-state index contributed by atoms with van der Waals surface area (Å²) in [6.45, 7) is 0. The first-order valence-electron chi connectivity index (χ1n) is 5.54. The zero-order chi connectivity index (χ0) is 14.7. The van der Waals surface area contributed by atoms with Gasteiger partial charge in [-0.1, -0.05) is 65.1 Å². The quantitative estimate of drug-likeness (QED) is 0.513. The van der Waals surface area contributed by atoms with Crippen LogP contribution in [0.2, 0.25) is 15.1 Å². The van der Waals surface area contributed by atoms with Crippen LogP contribution in [0.25, 0.3) is 0 Å². The van der Waals surface area contributed by atoms with Gasteiger partial charge in [-0.2, -0.15) is 0 Å². The average Bonchev–Trinajstić information content (AvgIpc) is 2.44. The fraction of sp³-hybridized carbons (Fsp3) is 0. The van der Waals surface area contributed by atoms with Gasteiger partial charge in [0.2, 0.25) is 0 Å². The Kier molecular flexibility index (Phi) is 4.65. The van der Waals surface area contributed by atoms with Gasteiger partial charge in [-0.15, -0.1) is 0 Å². The number of nitrogens with one attached hydrogen (secondary N) is 1. The molecule has 0 spiro atoms. The third kappa shape index (κ3) is 3.31. The summed E-state index contributed by atoms with van der Waals surface area (Å²) in [6.07, 6.45) is 0. The zero-order valence-electron chi connectivity index (χ0n) is 9.99. The molecule has 0 atom stereocenters. The highest BCUT2D eigenvalue weighted by Crippen LogP contribution is 2.33. The lowest BCUT2D eigenvalue weighted by Crippen LogP contribution is -2.22. The van der Waals surface area contributed by atoms with Crippen molar-refractivity contribution < 1.29 is 9.59 Å². The van der Waals surface area contributed by atoms with E-state index in [2.05, 4.69) is 5.32 Å². The lowest BCUT2D eigenvalue weighted by Gasteiger charge is -2.07. The van der Waals surface area contributed by atoms with Crippen molar-refractivity contribution in [2.75, 3.05) is 5.32 Å². The molecule has 0 fully saturated rings. The minimum atomic E-state index is -0.773. The number of anilines is 1. The second kappa shape index (κ2) is 6.27.